The highest BCUT2D eigenvalue weighted by Crippen LogP contribution is 2.39. The lowest BCUT2D eigenvalue weighted by Crippen LogP contribution is -2.44. The Balaban J connectivity index is 1.95. The molecule has 1 heterocycles. The van der Waals surface area contributed by atoms with Crippen LogP contribution >= 0.6 is 31.9 Å². The normalized spacial score (nSPS) is 20.0. The van der Waals surface area contributed by atoms with Crippen molar-refractivity contribution >= 4 is 49.9 Å². The maximum Gasteiger partial charge on any atom is 0.348 e. The van der Waals surface area contributed by atoms with Gasteiger partial charge in [0.2, 0.25) is 0 Å². The van der Waals surface area contributed by atoms with E-state index in [-0.39, 0.29) is 11.3 Å². The van der Waals surface area contributed by atoms with E-state index in [1.165, 1.54) is 6.08 Å². The Labute approximate surface area is 143 Å². The zero-order valence-electron chi connectivity index (χ0n) is 11.4. The van der Waals surface area contributed by atoms with Gasteiger partial charge in [-0.2, -0.15) is 0 Å². The van der Waals surface area contributed by atoms with Crippen LogP contribution in [0, 0.1) is 0 Å². The van der Waals surface area contributed by atoms with Crippen molar-refractivity contribution in [2.75, 3.05) is 0 Å². The highest BCUT2D eigenvalue weighted by Gasteiger charge is 2.47. The summed E-state index contributed by atoms with van der Waals surface area (Å²) in [6, 6.07) is 3.25. The zero-order valence-corrected chi connectivity index (χ0v) is 14.6. The van der Waals surface area contributed by atoms with Gasteiger partial charge in [-0.25, -0.2) is 9.59 Å². The van der Waals surface area contributed by atoms with E-state index in [2.05, 4.69) is 31.9 Å². The number of hydrogen-bond acceptors (Lipinski definition) is 5. The summed E-state index contributed by atoms with van der Waals surface area (Å²) in [6.45, 7) is 0. The van der Waals surface area contributed by atoms with E-state index in [0.29, 0.717) is 27.4 Å². The van der Waals surface area contributed by atoms with Crippen molar-refractivity contribution in [2.45, 2.75) is 31.5 Å². The van der Waals surface area contributed by atoms with Crippen molar-refractivity contribution in [1.29, 1.82) is 0 Å². The number of carbonyl (C=O) groups is 2. The third kappa shape index (κ3) is 2.79. The Bertz CT molecular complexity index is 667. The van der Waals surface area contributed by atoms with Gasteiger partial charge in [0.25, 0.3) is 5.79 Å². The number of phenols is 1. The standard InChI is InChI=1S/C15H12Br2O5/c16-9-5-8(12(18)11(17)7-9)6-10-13(19)21-15(22-14(10)20)3-1-2-4-15/h5-7,18H,1-4H2. The summed E-state index contributed by atoms with van der Waals surface area (Å²) < 4.78 is 11.8. The number of aromatic hydroxyl groups is 1. The molecule has 1 aromatic rings. The van der Waals surface area contributed by atoms with Crippen LogP contribution in [0.1, 0.15) is 31.2 Å². The molecule has 22 heavy (non-hydrogen) atoms. The molecule has 1 spiro atoms. The van der Waals surface area contributed by atoms with Crippen LogP contribution in [-0.4, -0.2) is 22.8 Å². The molecule has 2 fully saturated rings. The Hall–Kier alpha value is -1.34. The first-order valence-corrected chi connectivity index (χ1v) is 8.35. The average molecular weight is 432 g/mol. The molecule has 116 valence electrons. The molecule has 1 aromatic carbocycles. The van der Waals surface area contributed by atoms with E-state index in [0.717, 1.165) is 12.8 Å². The average Bonchev–Trinajstić information content (AvgIpc) is 2.87. The molecule has 1 aliphatic heterocycles. The van der Waals surface area contributed by atoms with Gasteiger partial charge in [-0.1, -0.05) is 15.9 Å². The minimum Gasteiger partial charge on any atom is -0.506 e. The van der Waals surface area contributed by atoms with E-state index in [1.807, 2.05) is 0 Å². The second-order valence-corrected chi connectivity index (χ2v) is 7.05. The number of halogens is 2. The predicted octanol–water partition coefficient (Wildman–Crippen LogP) is 3.67. The SMILES string of the molecule is O=C1OC2(CCCC2)OC(=O)C1=Cc1cc(Br)cc(Br)c1O. The molecule has 0 bridgehead atoms. The summed E-state index contributed by atoms with van der Waals surface area (Å²) in [7, 11) is 0. The van der Waals surface area contributed by atoms with Crippen LogP contribution in [-0.2, 0) is 19.1 Å². The minimum atomic E-state index is -1.09. The van der Waals surface area contributed by atoms with Crippen LogP contribution in [0.5, 0.6) is 5.75 Å². The molecule has 0 unspecified atom stereocenters. The van der Waals surface area contributed by atoms with E-state index in [4.69, 9.17) is 9.47 Å². The Kier molecular flexibility index (Phi) is 4.03. The van der Waals surface area contributed by atoms with Crippen LogP contribution in [0.2, 0.25) is 0 Å². The largest absolute Gasteiger partial charge is 0.506 e. The second-order valence-electron chi connectivity index (χ2n) is 5.28. The lowest BCUT2D eigenvalue weighted by atomic mass is 10.1. The summed E-state index contributed by atoms with van der Waals surface area (Å²) in [5.41, 5.74) is 0.0883. The van der Waals surface area contributed by atoms with Crippen molar-refractivity contribution < 1.29 is 24.2 Å². The number of phenolic OH excluding ortho intramolecular Hbond substituents is 1. The second kappa shape index (κ2) is 5.70. The third-order valence-corrected chi connectivity index (χ3v) is 4.78. The molecule has 2 aliphatic rings. The number of hydrogen-bond donors (Lipinski definition) is 1. The van der Waals surface area contributed by atoms with Gasteiger partial charge < -0.3 is 14.6 Å². The molecule has 5 nitrogen and oxygen atoms in total. The first-order chi connectivity index (χ1) is 10.4. The van der Waals surface area contributed by atoms with E-state index >= 15 is 0 Å². The maximum absolute atomic E-state index is 12.2. The van der Waals surface area contributed by atoms with Crippen molar-refractivity contribution in [3.63, 3.8) is 0 Å². The number of rotatable bonds is 1. The summed E-state index contributed by atoms with van der Waals surface area (Å²) in [5, 5.41) is 10.0. The quantitative estimate of drug-likeness (QED) is 0.417. The lowest BCUT2D eigenvalue weighted by molar-refractivity contribution is -0.232. The molecule has 1 saturated carbocycles. The monoisotopic (exact) mass is 430 g/mol. The molecule has 7 heteroatoms. The molecule has 0 aromatic heterocycles. The van der Waals surface area contributed by atoms with Gasteiger partial charge in [0.05, 0.1) is 4.47 Å². The number of ether oxygens (including phenoxy) is 2. The molecular formula is C15H12Br2O5. The summed E-state index contributed by atoms with van der Waals surface area (Å²) >= 11 is 6.49. The van der Waals surface area contributed by atoms with Crippen LogP contribution in [0.15, 0.2) is 26.7 Å². The molecule has 0 radical (unpaired) electrons. The summed E-state index contributed by atoms with van der Waals surface area (Å²) in [5.74, 6) is -2.59. The van der Waals surface area contributed by atoms with Gasteiger partial charge >= 0.3 is 11.9 Å². The molecule has 1 saturated heterocycles. The number of carbonyl (C=O) groups excluding carboxylic acids is 2. The van der Waals surface area contributed by atoms with Crippen LogP contribution < -0.4 is 0 Å². The van der Waals surface area contributed by atoms with Gasteiger partial charge in [-0.3, -0.25) is 0 Å². The fourth-order valence-corrected chi connectivity index (χ4v) is 3.90. The Morgan fingerprint density at radius 3 is 2.27 bits per heavy atom. The topological polar surface area (TPSA) is 72.8 Å². The number of esters is 2. The minimum absolute atomic E-state index is 0.0718. The van der Waals surface area contributed by atoms with Crippen molar-refractivity contribution in [1.82, 2.24) is 0 Å². The fraction of sp³-hybridized carbons (Fsp3) is 0.333. The Morgan fingerprint density at radius 1 is 1.09 bits per heavy atom. The van der Waals surface area contributed by atoms with Gasteiger partial charge in [-0.05, 0) is 47.0 Å². The predicted molar refractivity (Wildman–Crippen MR) is 84.9 cm³/mol. The zero-order chi connectivity index (χ0) is 15.9. The Morgan fingerprint density at radius 2 is 1.68 bits per heavy atom. The van der Waals surface area contributed by atoms with E-state index < -0.39 is 17.7 Å². The smallest absolute Gasteiger partial charge is 0.348 e. The first-order valence-electron chi connectivity index (χ1n) is 6.77. The molecule has 1 N–H and O–H groups in total. The summed E-state index contributed by atoms with van der Waals surface area (Å²) in [6.07, 6.45) is 4.06. The van der Waals surface area contributed by atoms with Crippen LogP contribution in [0.4, 0.5) is 0 Å². The summed E-state index contributed by atoms with van der Waals surface area (Å²) in [4.78, 5) is 24.3. The van der Waals surface area contributed by atoms with Gasteiger partial charge in [-0.15, -0.1) is 0 Å². The molecule has 0 atom stereocenters. The van der Waals surface area contributed by atoms with E-state index in [1.54, 1.807) is 12.1 Å². The van der Waals surface area contributed by atoms with Gasteiger partial charge in [0.1, 0.15) is 11.3 Å². The van der Waals surface area contributed by atoms with E-state index in [9.17, 15) is 14.7 Å². The molecular weight excluding hydrogens is 420 g/mol. The van der Waals surface area contributed by atoms with Gasteiger partial charge in [0, 0.05) is 22.9 Å². The van der Waals surface area contributed by atoms with Gasteiger partial charge in [0.15, 0.2) is 0 Å². The molecule has 1 aliphatic carbocycles. The highest BCUT2D eigenvalue weighted by molar-refractivity contribution is 9.11. The molecule has 0 amide bonds. The van der Waals surface area contributed by atoms with Crippen LogP contribution in [0.3, 0.4) is 0 Å². The fourth-order valence-electron chi connectivity index (χ4n) is 2.64. The van der Waals surface area contributed by atoms with Crippen molar-refractivity contribution in [3.05, 3.63) is 32.2 Å². The maximum atomic E-state index is 12.2. The first kappa shape index (κ1) is 15.6. The van der Waals surface area contributed by atoms with Crippen LogP contribution in [0.25, 0.3) is 6.08 Å². The third-order valence-electron chi connectivity index (χ3n) is 3.72. The lowest BCUT2D eigenvalue weighted by Gasteiger charge is -2.32. The highest BCUT2D eigenvalue weighted by atomic mass is 79.9. The van der Waals surface area contributed by atoms with Crippen molar-refractivity contribution in [2.24, 2.45) is 0 Å². The number of benzene rings is 1. The molecule has 3 rings (SSSR count). The van der Waals surface area contributed by atoms with Crippen molar-refractivity contribution in [3.8, 4) is 5.75 Å².